The van der Waals surface area contributed by atoms with Crippen molar-refractivity contribution in [1.29, 1.82) is 0 Å². The zero-order chi connectivity index (χ0) is 14.4. The van der Waals surface area contributed by atoms with Crippen molar-refractivity contribution >= 4 is 0 Å². The molecular formula is C19H21NO. The van der Waals surface area contributed by atoms with Gasteiger partial charge in [-0.05, 0) is 36.7 Å². The van der Waals surface area contributed by atoms with Gasteiger partial charge < -0.3 is 10.0 Å². The molecule has 1 N–H and O–H groups in total. The molecule has 3 atom stereocenters. The molecule has 0 spiro atoms. The molecule has 108 valence electrons. The number of benzene rings is 2. The van der Waals surface area contributed by atoms with E-state index in [2.05, 4.69) is 42.3 Å². The maximum absolute atomic E-state index is 11.7. The van der Waals surface area contributed by atoms with Crippen molar-refractivity contribution in [2.24, 2.45) is 5.92 Å². The molecule has 3 unspecified atom stereocenters. The first-order valence-corrected chi connectivity index (χ1v) is 7.77. The molecule has 0 bridgehead atoms. The molecule has 0 amide bonds. The van der Waals surface area contributed by atoms with Gasteiger partial charge in [-0.1, -0.05) is 54.6 Å². The van der Waals surface area contributed by atoms with Crippen molar-refractivity contribution in [2.75, 3.05) is 20.1 Å². The summed E-state index contributed by atoms with van der Waals surface area (Å²) < 4.78 is 0. The standard InChI is InChI=1S/C19H21NO/c1-20-12-11-18-16(13-20)15-9-5-6-10-17(15)19(18,21)14-7-3-2-4-8-14/h2-10,16,18,21H,11-13H2,1H3. The Morgan fingerprint density at radius 3 is 2.57 bits per heavy atom. The Hall–Kier alpha value is -1.64. The molecule has 2 aromatic rings. The highest BCUT2D eigenvalue weighted by atomic mass is 16.3. The fourth-order valence-corrected chi connectivity index (χ4v) is 4.36. The Morgan fingerprint density at radius 1 is 1.05 bits per heavy atom. The molecule has 0 aromatic heterocycles. The molecule has 1 saturated heterocycles. The second-order valence-corrected chi connectivity index (χ2v) is 6.48. The van der Waals surface area contributed by atoms with Gasteiger partial charge in [-0.15, -0.1) is 0 Å². The maximum atomic E-state index is 11.7. The summed E-state index contributed by atoms with van der Waals surface area (Å²) in [6.07, 6.45) is 1.04. The summed E-state index contributed by atoms with van der Waals surface area (Å²) in [5.74, 6) is 0.721. The lowest BCUT2D eigenvalue weighted by Gasteiger charge is -2.39. The number of nitrogens with zero attached hydrogens (tertiary/aromatic N) is 1. The largest absolute Gasteiger partial charge is 0.380 e. The van der Waals surface area contributed by atoms with Gasteiger partial charge in [0.15, 0.2) is 0 Å². The molecule has 1 aliphatic heterocycles. The van der Waals surface area contributed by atoms with Crippen LogP contribution in [-0.2, 0) is 5.60 Å². The molecule has 1 heterocycles. The first kappa shape index (κ1) is 13.1. The second-order valence-electron chi connectivity index (χ2n) is 6.48. The minimum absolute atomic E-state index is 0.286. The van der Waals surface area contributed by atoms with Crippen molar-refractivity contribution in [1.82, 2.24) is 4.90 Å². The third-order valence-corrected chi connectivity index (χ3v) is 5.34. The molecular weight excluding hydrogens is 258 g/mol. The van der Waals surface area contributed by atoms with Gasteiger partial charge in [0.1, 0.15) is 5.60 Å². The van der Waals surface area contributed by atoms with Crippen LogP contribution in [0.4, 0.5) is 0 Å². The number of likely N-dealkylation sites (N-methyl/N-ethyl adjacent to an activating group) is 1. The monoisotopic (exact) mass is 279 g/mol. The van der Waals surface area contributed by atoms with E-state index in [1.807, 2.05) is 24.3 Å². The van der Waals surface area contributed by atoms with Crippen molar-refractivity contribution in [3.63, 3.8) is 0 Å². The second kappa shape index (κ2) is 4.69. The Labute approximate surface area is 126 Å². The molecule has 0 saturated carbocycles. The minimum Gasteiger partial charge on any atom is -0.380 e. The van der Waals surface area contributed by atoms with Crippen molar-refractivity contribution in [3.8, 4) is 0 Å². The van der Waals surface area contributed by atoms with Crippen LogP contribution in [0.15, 0.2) is 54.6 Å². The summed E-state index contributed by atoms with van der Waals surface area (Å²) in [6, 6.07) is 18.7. The lowest BCUT2D eigenvalue weighted by molar-refractivity contribution is -0.00451. The van der Waals surface area contributed by atoms with Gasteiger partial charge in [0.2, 0.25) is 0 Å². The first-order valence-electron chi connectivity index (χ1n) is 7.77. The Kier molecular flexibility index (Phi) is 2.91. The summed E-state index contributed by atoms with van der Waals surface area (Å²) in [6.45, 7) is 2.10. The SMILES string of the molecule is CN1CCC2C(C1)c1ccccc1C2(O)c1ccccc1. The normalized spacial score (nSPS) is 31.7. The van der Waals surface area contributed by atoms with Gasteiger partial charge in [0.25, 0.3) is 0 Å². The Balaban J connectivity index is 1.91. The zero-order valence-electron chi connectivity index (χ0n) is 12.4. The summed E-state index contributed by atoms with van der Waals surface area (Å²) in [5, 5.41) is 11.7. The molecule has 1 fully saturated rings. The van der Waals surface area contributed by atoms with Crippen LogP contribution in [0.3, 0.4) is 0 Å². The van der Waals surface area contributed by atoms with E-state index in [1.165, 1.54) is 5.56 Å². The van der Waals surface area contributed by atoms with Crippen LogP contribution in [0.2, 0.25) is 0 Å². The van der Waals surface area contributed by atoms with E-state index in [0.717, 1.165) is 30.6 Å². The van der Waals surface area contributed by atoms with Crippen LogP contribution in [0.25, 0.3) is 0 Å². The molecule has 21 heavy (non-hydrogen) atoms. The first-order chi connectivity index (χ1) is 10.2. The number of hydrogen-bond acceptors (Lipinski definition) is 2. The van der Waals surface area contributed by atoms with Crippen molar-refractivity contribution in [3.05, 3.63) is 71.3 Å². The summed E-state index contributed by atoms with van der Waals surface area (Å²) in [7, 11) is 2.18. The zero-order valence-corrected chi connectivity index (χ0v) is 12.4. The smallest absolute Gasteiger partial charge is 0.118 e. The van der Waals surface area contributed by atoms with E-state index in [0.29, 0.717) is 5.92 Å². The third kappa shape index (κ3) is 1.79. The number of fused-ring (bicyclic) bond motifs is 3. The number of piperidine rings is 1. The number of hydrogen-bond donors (Lipinski definition) is 1. The quantitative estimate of drug-likeness (QED) is 0.867. The van der Waals surface area contributed by atoms with Crippen LogP contribution in [0.1, 0.15) is 29.0 Å². The number of likely N-dealkylation sites (tertiary alicyclic amines) is 1. The minimum atomic E-state index is -0.830. The van der Waals surface area contributed by atoms with Crippen LogP contribution < -0.4 is 0 Å². The van der Waals surface area contributed by atoms with Gasteiger partial charge in [0, 0.05) is 18.4 Å². The Bertz CT molecular complexity index is 654. The van der Waals surface area contributed by atoms with Crippen molar-refractivity contribution < 1.29 is 5.11 Å². The van der Waals surface area contributed by atoms with Gasteiger partial charge in [-0.2, -0.15) is 0 Å². The lowest BCUT2D eigenvalue weighted by Crippen LogP contribution is -2.42. The molecule has 0 radical (unpaired) electrons. The summed E-state index contributed by atoms with van der Waals surface area (Å²) >= 11 is 0. The molecule has 2 nitrogen and oxygen atoms in total. The Morgan fingerprint density at radius 2 is 1.76 bits per heavy atom. The fourth-order valence-electron chi connectivity index (χ4n) is 4.36. The van der Waals surface area contributed by atoms with Gasteiger partial charge in [-0.25, -0.2) is 0 Å². The van der Waals surface area contributed by atoms with Crippen LogP contribution in [-0.4, -0.2) is 30.1 Å². The number of aliphatic hydroxyl groups is 1. The highest BCUT2D eigenvalue weighted by Gasteiger charge is 2.53. The molecule has 2 heteroatoms. The average Bonchev–Trinajstić information content (AvgIpc) is 2.79. The van der Waals surface area contributed by atoms with Crippen LogP contribution in [0, 0.1) is 5.92 Å². The van der Waals surface area contributed by atoms with E-state index in [9.17, 15) is 5.11 Å². The predicted octanol–water partition coefficient (Wildman–Crippen LogP) is 2.97. The van der Waals surface area contributed by atoms with Gasteiger partial charge >= 0.3 is 0 Å². The molecule has 2 aromatic carbocycles. The molecule has 2 aliphatic rings. The van der Waals surface area contributed by atoms with Crippen molar-refractivity contribution in [2.45, 2.75) is 17.9 Å². The van der Waals surface area contributed by atoms with E-state index in [4.69, 9.17) is 0 Å². The highest BCUT2D eigenvalue weighted by Crippen LogP contribution is 2.55. The average molecular weight is 279 g/mol. The van der Waals surface area contributed by atoms with Crippen LogP contribution >= 0.6 is 0 Å². The third-order valence-electron chi connectivity index (χ3n) is 5.34. The lowest BCUT2D eigenvalue weighted by atomic mass is 9.75. The molecule has 4 rings (SSSR count). The van der Waals surface area contributed by atoms with E-state index >= 15 is 0 Å². The summed E-state index contributed by atoms with van der Waals surface area (Å²) in [4.78, 5) is 2.38. The summed E-state index contributed by atoms with van der Waals surface area (Å²) in [5.41, 5.74) is 2.65. The van der Waals surface area contributed by atoms with Gasteiger partial charge in [0.05, 0.1) is 0 Å². The maximum Gasteiger partial charge on any atom is 0.118 e. The predicted molar refractivity (Wildman–Crippen MR) is 84.2 cm³/mol. The highest BCUT2D eigenvalue weighted by molar-refractivity contribution is 5.49. The van der Waals surface area contributed by atoms with E-state index in [1.54, 1.807) is 0 Å². The number of rotatable bonds is 1. The fraction of sp³-hybridized carbons (Fsp3) is 0.368. The van der Waals surface area contributed by atoms with E-state index < -0.39 is 5.60 Å². The topological polar surface area (TPSA) is 23.5 Å². The van der Waals surface area contributed by atoms with Gasteiger partial charge in [-0.3, -0.25) is 0 Å². The van der Waals surface area contributed by atoms with E-state index in [-0.39, 0.29) is 5.92 Å². The van der Waals surface area contributed by atoms with Crippen LogP contribution in [0.5, 0.6) is 0 Å². The molecule has 1 aliphatic carbocycles.